The number of nitrogens with zero attached hydrogens (tertiary/aromatic N) is 1. The van der Waals surface area contributed by atoms with E-state index < -0.39 is 0 Å². The van der Waals surface area contributed by atoms with Gasteiger partial charge in [-0.25, -0.2) is 0 Å². The summed E-state index contributed by atoms with van der Waals surface area (Å²) in [5.74, 6) is 1.37. The lowest BCUT2D eigenvalue weighted by molar-refractivity contribution is 0.207. The van der Waals surface area contributed by atoms with E-state index in [1.807, 2.05) is 0 Å². The molecule has 0 radical (unpaired) electrons. The molecule has 0 fully saturated rings. The smallest absolute Gasteiger partial charge is 0.0424 e. The fourth-order valence-corrected chi connectivity index (χ4v) is 2.86. The molecule has 21 heavy (non-hydrogen) atoms. The van der Waals surface area contributed by atoms with Crippen LogP contribution in [0.2, 0.25) is 0 Å². The summed E-state index contributed by atoms with van der Waals surface area (Å²) >= 11 is 0. The van der Waals surface area contributed by atoms with Crippen LogP contribution >= 0.6 is 0 Å². The maximum atomic E-state index is 6.43. The number of benzene rings is 1. The molecule has 0 spiro atoms. The van der Waals surface area contributed by atoms with Gasteiger partial charge in [0.15, 0.2) is 0 Å². The minimum Gasteiger partial charge on any atom is -0.323 e. The van der Waals surface area contributed by atoms with Crippen LogP contribution in [0.25, 0.3) is 0 Å². The van der Waals surface area contributed by atoms with Gasteiger partial charge < -0.3 is 10.6 Å². The van der Waals surface area contributed by atoms with Crippen molar-refractivity contribution in [2.45, 2.75) is 53.5 Å². The van der Waals surface area contributed by atoms with Gasteiger partial charge >= 0.3 is 0 Å². The molecule has 0 amide bonds. The van der Waals surface area contributed by atoms with Crippen molar-refractivity contribution < 1.29 is 0 Å². The number of aryl methyl sites for hydroxylation is 1. The van der Waals surface area contributed by atoms with Crippen LogP contribution in [0.5, 0.6) is 0 Å². The molecule has 1 aromatic rings. The van der Waals surface area contributed by atoms with Crippen molar-refractivity contribution >= 4 is 0 Å². The van der Waals surface area contributed by atoms with E-state index in [9.17, 15) is 0 Å². The third kappa shape index (κ3) is 7.10. The van der Waals surface area contributed by atoms with Crippen LogP contribution in [0.1, 0.15) is 58.2 Å². The minimum absolute atomic E-state index is 0.109. The van der Waals surface area contributed by atoms with Gasteiger partial charge in [0.25, 0.3) is 0 Å². The van der Waals surface area contributed by atoms with Gasteiger partial charge in [0.1, 0.15) is 0 Å². The maximum Gasteiger partial charge on any atom is 0.0424 e. The van der Waals surface area contributed by atoms with Gasteiger partial charge in [0.05, 0.1) is 0 Å². The Labute approximate surface area is 131 Å². The fourth-order valence-electron chi connectivity index (χ4n) is 2.86. The Hall–Kier alpha value is -0.860. The van der Waals surface area contributed by atoms with E-state index in [0.717, 1.165) is 26.1 Å². The summed E-state index contributed by atoms with van der Waals surface area (Å²) in [5.41, 5.74) is 9.10. The second kappa shape index (κ2) is 9.22. The van der Waals surface area contributed by atoms with Crippen molar-refractivity contribution in [3.05, 3.63) is 35.4 Å². The molecule has 0 aliphatic carbocycles. The Morgan fingerprint density at radius 3 is 1.86 bits per heavy atom. The van der Waals surface area contributed by atoms with Crippen LogP contribution in [0.3, 0.4) is 0 Å². The van der Waals surface area contributed by atoms with Gasteiger partial charge in [-0.05, 0) is 29.4 Å². The van der Waals surface area contributed by atoms with Gasteiger partial charge in [-0.1, -0.05) is 65.3 Å². The van der Waals surface area contributed by atoms with Crippen molar-refractivity contribution in [2.75, 3.05) is 19.6 Å². The average molecular weight is 290 g/mol. The van der Waals surface area contributed by atoms with Crippen LogP contribution < -0.4 is 5.73 Å². The van der Waals surface area contributed by atoms with E-state index in [2.05, 4.69) is 63.8 Å². The molecule has 1 atom stereocenters. The predicted octanol–water partition coefficient (Wildman–Crippen LogP) is 4.25. The van der Waals surface area contributed by atoms with E-state index in [0.29, 0.717) is 11.8 Å². The van der Waals surface area contributed by atoms with Crippen LogP contribution in [0, 0.1) is 11.8 Å². The SMILES string of the molecule is CCCc1ccc(C(N)CN(CC(C)C)CC(C)C)cc1. The number of rotatable bonds is 9. The van der Waals surface area contributed by atoms with Crippen molar-refractivity contribution in [2.24, 2.45) is 17.6 Å². The first-order chi connectivity index (χ1) is 9.92. The highest BCUT2D eigenvalue weighted by Gasteiger charge is 2.14. The molecule has 2 N–H and O–H groups in total. The second-order valence-corrected chi connectivity index (χ2v) is 7.10. The summed E-state index contributed by atoms with van der Waals surface area (Å²) in [6, 6.07) is 8.98. The molecule has 0 bridgehead atoms. The molecule has 0 saturated carbocycles. The summed E-state index contributed by atoms with van der Waals surface area (Å²) in [4.78, 5) is 2.51. The predicted molar refractivity (Wildman–Crippen MR) is 93.5 cm³/mol. The monoisotopic (exact) mass is 290 g/mol. The van der Waals surface area contributed by atoms with E-state index in [4.69, 9.17) is 5.73 Å². The van der Waals surface area contributed by atoms with Gasteiger partial charge in [0.2, 0.25) is 0 Å². The first-order valence-electron chi connectivity index (χ1n) is 8.49. The highest BCUT2D eigenvalue weighted by Crippen LogP contribution is 2.16. The van der Waals surface area contributed by atoms with E-state index in [1.54, 1.807) is 0 Å². The molecule has 2 heteroatoms. The molecule has 0 saturated heterocycles. The summed E-state index contributed by atoms with van der Waals surface area (Å²) in [5, 5.41) is 0. The highest BCUT2D eigenvalue weighted by atomic mass is 15.1. The van der Waals surface area contributed by atoms with Crippen LogP contribution in [0.4, 0.5) is 0 Å². The minimum atomic E-state index is 0.109. The Balaban J connectivity index is 2.64. The molecule has 0 heterocycles. The van der Waals surface area contributed by atoms with Crippen LogP contribution in [-0.4, -0.2) is 24.5 Å². The Morgan fingerprint density at radius 1 is 0.905 bits per heavy atom. The van der Waals surface area contributed by atoms with Crippen molar-refractivity contribution in [1.29, 1.82) is 0 Å². The lowest BCUT2D eigenvalue weighted by Crippen LogP contribution is -2.37. The Morgan fingerprint density at radius 2 is 1.43 bits per heavy atom. The second-order valence-electron chi connectivity index (χ2n) is 7.10. The molecule has 0 aliphatic rings. The Bertz CT molecular complexity index is 371. The average Bonchev–Trinajstić information content (AvgIpc) is 2.38. The molecule has 2 nitrogen and oxygen atoms in total. The quantitative estimate of drug-likeness (QED) is 0.736. The highest BCUT2D eigenvalue weighted by molar-refractivity contribution is 5.25. The van der Waals surface area contributed by atoms with Gasteiger partial charge in [-0.15, -0.1) is 0 Å². The standard InChI is InChI=1S/C19H34N2/c1-6-7-17-8-10-18(11-9-17)19(20)14-21(12-15(2)3)13-16(4)5/h8-11,15-16,19H,6-7,12-14,20H2,1-5H3. The lowest BCUT2D eigenvalue weighted by atomic mass is 10.0. The topological polar surface area (TPSA) is 29.3 Å². The van der Waals surface area contributed by atoms with E-state index in [-0.39, 0.29) is 6.04 Å². The zero-order chi connectivity index (χ0) is 15.8. The summed E-state index contributed by atoms with van der Waals surface area (Å²) in [6.07, 6.45) is 2.35. The molecule has 0 aliphatic heterocycles. The number of nitrogens with two attached hydrogens (primary N) is 1. The van der Waals surface area contributed by atoms with Crippen LogP contribution in [0.15, 0.2) is 24.3 Å². The first-order valence-corrected chi connectivity index (χ1v) is 8.49. The maximum absolute atomic E-state index is 6.43. The van der Waals surface area contributed by atoms with Gasteiger partial charge in [-0.2, -0.15) is 0 Å². The summed E-state index contributed by atoms with van der Waals surface area (Å²) < 4.78 is 0. The number of hydrogen-bond donors (Lipinski definition) is 1. The molecule has 1 unspecified atom stereocenters. The molecule has 0 aromatic heterocycles. The molecular formula is C19H34N2. The normalized spacial score (nSPS) is 13.4. The van der Waals surface area contributed by atoms with Gasteiger partial charge in [-0.3, -0.25) is 0 Å². The Kier molecular flexibility index (Phi) is 7.98. The third-order valence-corrected chi connectivity index (χ3v) is 3.65. The zero-order valence-electron chi connectivity index (χ0n) is 14.6. The first kappa shape index (κ1) is 18.2. The van der Waals surface area contributed by atoms with Crippen LogP contribution in [-0.2, 0) is 6.42 Å². The number of hydrogen-bond acceptors (Lipinski definition) is 2. The van der Waals surface area contributed by atoms with Gasteiger partial charge in [0, 0.05) is 25.7 Å². The molecule has 120 valence electrons. The molecule has 1 aromatic carbocycles. The summed E-state index contributed by atoms with van der Waals surface area (Å²) in [6.45, 7) is 14.5. The van der Waals surface area contributed by atoms with Crippen molar-refractivity contribution in [3.8, 4) is 0 Å². The third-order valence-electron chi connectivity index (χ3n) is 3.65. The molecule has 1 rings (SSSR count). The lowest BCUT2D eigenvalue weighted by Gasteiger charge is -2.29. The van der Waals surface area contributed by atoms with E-state index >= 15 is 0 Å². The fraction of sp³-hybridized carbons (Fsp3) is 0.684. The van der Waals surface area contributed by atoms with Crippen molar-refractivity contribution in [1.82, 2.24) is 4.90 Å². The van der Waals surface area contributed by atoms with Crippen molar-refractivity contribution in [3.63, 3.8) is 0 Å². The molecular weight excluding hydrogens is 256 g/mol. The zero-order valence-corrected chi connectivity index (χ0v) is 14.6. The van der Waals surface area contributed by atoms with E-state index in [1.165, 1.54) is 17.5 Å². The summed E-state index contributed by atoms with van der Waals surface area (Å²) in [7, 11) is 0. The largest absolute Gasteiger partial charge is 0.323 e.